The van der Waals surface area contributed by atoms with Crippen LogP contribution in [0.3, 0.4) is 0 Å². The minimum atomic E-state index is -0.363. The van der Waals surface area contributed by atoms with Crippen molar-refractivity contribution in [2.24, 2.45) is 0 Å². The monoisotopic (exact) mass is 458 g/mol. The van der Waals surface area contributed by atoms with Crippen LogP contribution in [0.2, 0.25) is 0 Å². The fraction of sp³-hybridized carbons (Fsp3) is 0.321. The predicted molar refractivity (Wildman–Crippen MR) is 143 cm³/mol. The molecule has 5 heteroatoms. The lowest BCUT2D eigenvalue weighted by atomic mass is 10.1. The third-order valence-corrected chi connectivity index (χ3v) is 7.23. The average molecular weight is 459 g/mol. The van der Waals surface area contributed by atoms with Crippen LogP contribution in [-0.4, -0.2) is 9.98 Å². The number of anilines is 2. The summed E-state index contributed by atoms with van der Waals surface area (Å²) in [6.07, 6.45) is 15.2. The Morgan fingerprint density at radius 2 is 1.94 bits per heavy atom. The number of nitrogens with one attached hydrogen (secondary N) is 3. The van der Waals surface area contributed by atoms with Gasteiger partial charge in [-0.15, -0.1) is 0 Å². The molecule has 1 aliphatic carbocycles. The van der Waals surface area contributed by atoms with Crippen molar-refractivity contribution in [2.75, 3.05) is 10.6 Å². The normalized spacial score (nSPS) is 19.8. The van der Waals surface area contributed by atoms with Gasteiger partial charge in [-0.1, -0.05) is 65.9 Å². The highest BCUT2D eigenvalue weighted by Crippen LogP contribution is 2.40. The molecule has 0 fully saturated rings. The van der Waals surface area contributed by atoms with Gasteiger partial charge in [-0.2, -0.15) is 0 Å². The van der Waals surface area contributed by atoms with Crippen molar-refractivity contribution in [3.8, 4) is 0 Å². The molecule has 2 aromatic rings. The van der Waals surface area contributed by atoms with Crippen LogP contribution in [0.4, 0.5) is 11.5 Å². The predicted octanol–water partition coefficient (Wildman–Crippen LogP) is 7.19. The minimum absolute atomic E-state index is 0.363. The zero-order valence-corrected chi connectivity index (χ0v) is 20.9. The SMILES string of the molecule is C/C=C(/Nc1c(C)cccc1C)C1=CNC(C)(Nc2cccc(CCCC3=CC=CC3)n2)S1. The van der Waals surface area contributed by atoms with E-state index in [2.05, 4.69) is 104 Å². The zero-order chi connectivity index (χ0) is 23.3. The second-order valence-corrected chi connectivity index (χ2v) is 10.3. The van der Waals surface area contributed by atoms with Gasteiger partial charge in [0.2, 0.25) is 0 Å². The number of aryl methyl sites for hydroxylation is 3. The lowest BCUT2D eigenvalue weighted by Gasteiger charge is -2.27. The Labute approximate surface area is 202 Å². The summed E-state index contributed by atoms with van der Waals surface area (Å²) >= 11 is 1.77. The summed E-state index contributed by atoms with van der Waals surface area (Å²) in [7, 11) is 0. The minimum Gasteiger partial charge on any atom is -0.359 e. The highest BCUT2D eigenvalue weighted by atomic mass is 32.2. The number of allylic oxidation sites excluding steroid dienone is 5. The molecule has 1 atom stereocenters. The fourth-order valence-electron chi connectivity index (χ4n) is 4.21. The van der Waals surface area contributed by atoms with Crippen molar-refractivity contribution in [2.45, 2.75) is 58.4 Å². The van der Waals surface area contributed by atoms with Crippen molar-refractivity contribution in [3.05, 3.63) is 99.9 Å². The Kier molecular flexibility index (Phi) is 7.29. The number of rotatable bonds is 9. The Morgan fingerprint density at radius 1 is 1.15 bits per heavy atom. The van der Waals surface area contributed by atoms with Gasteiger partial charge in [-0.05, 0) is 76.6 Å². The van der Waals surface area contributed by atoms with Gasteiger partial charge >= 0.3 is 0 Å². The maximum Gasteiger partial charge on any atom is 0.159 e. The summed E-state index contributed by atoms with van der Waals surface area (Å²) < 4.78 is 0. The van der Waals surface area contributed by atoms with Gasteiger partial charge in [0.25, 0.3) is 0 Å². The highest BCUT2D eigenvalue weighted by Gasteiger charge is 2.32. The van der Waals surface area contributed by atoms with Crippen LogP contribution in [0.15, 0.2) is 83.1 Å². The Bertz CT molecular complexity index is 1110. The summed E-state index contributed by atoms with van der Waals surface area (Å²) in [5.41, 5.74) is 7.43. The van der Waals surface area contributed by atoms with Crippen LogP contribution in [0, 0.1) is 13.8 Å². The summed E-state index contributed by atoms with van der Waals surface area (Å²) in [6, 6.07) is 12.6. The van der Waals surface area contributed by atoms with Crippen molar-refractivity contribution in [1.29, 1.82) is 0 Å². The van der Waals surface area contributed by atoms with Crippen LogP contribution in [-0.2, 0) is 6.42 Å². The lowest BCUT2D eigenvalue weighted by Crippen LogP contribution is -2.40. The van der Waals surface area contributed by atoms with Crippen molar-refractivity contribution < 1.29 is 0 Å². The number of aromatic nitrogens is 1. The topological polar surface area (TPSA) is 49.0 Å². The molecule has 4 nitrogen and oxygen atoms in total. The highest BCUT2D eigenvalue weighted by molar-refractivity contribution is 8.04. The summed E-state index contributed by atoms with van der Waals surface area (Å²) in [4.78, 5) is 5.68. The first-order valence-electron chi connectivity index (χ1n) is 11.7. The standard InChI is InChI=1S/C28H34N4S/c1-5-24(31-27-20(2)11-8-12-21(27)3)25-19-29-28(4,33-25)32-26-18-10-17-23(30-26)16-9-15-22-13-6-7-14-22/h5-8,10-13,17-19,29,31H,9,14-16H2,1-4H3,(H,30,32)/b24-5+. The number of pyridine rings is 1. The van der Waals surface area contributed by atoms with Gasteiger partial charge in [0.1, 0.15) is 5.82 Å². The molecule has 1 aliphatic heterocycles. The molecule has 2 heterocycles. The van der Waals surface area contributed by atoms with Gasteiger partial charge in [0.05, 0.1) is 4.91 Å². The second-order valence-electron chi connectivity index (χ2n) is 8.83. The molecule has 0 saturated carbocycles. The lowest BCUT2D eigenvalue weighted by molar-refractivity contribution is 0.664. The van der Waals surface area contributed by atoms with E-state index < -0.39 is 0 Å². The third kappa shape index (κ3) is 5.91. The van der Waals surface area contributed by atoms with Gasteiger partial charge in [0, 0.05) is 23.3 Å². The molecule has 3 N–H and O–H groups in total. The van der Waals surface area contributed by atoms with E-state index in [0.717, 1.165) is 42.9 Å². The molecule has 0 saturated heterocycles. The third-order valence-electron chi connectivity index (χ3n) is 6.04. The Morgan fingerprint density at radius 3 is 2.67 bits per heavy atom. The summed E-state index contributed by atoms with van der Waals surface area (Å²) in [5, 5.41) is 10.8. The van der Waals surface area contributed by atoms with E-state index in [-0.39, 0.29) is 4.99 Å². The van der Waals surface area contributed by atoms with Crippen molar-refractivity contribution in [3.63, 3.8) is 0 Å². The maximum atomic E-state index is 4.87. The molecule has 0 bridgehead atoms. The average Bonchev–Trinajstić information content (AvgIpc) is 3.44. The first kappa shape index (κ1) is 23.2. The molecule has 1 aromatic heterocycles. The van der Waals surface area contributed by atoms with Crippen LogP contribution in [0.1, 0.15) is 49.9 Å². The Balaban J connectivity index is 1.36. The van der Waals surface area contributed by atoms with Gasteiger partial charge in [0.15, 0.2) is 4.99 Å². The largest absolute Gasteiger partial charge is 0.359 e. The molecule has 2 aliphatic rings. The van der Waals surface area contributed by atoms with Gasteiger partial charge < -0.3 is 16.0 Å². The molecule has 0 spiro atoms. The van der Waals surface area contributed by atoms with Crippen LogP contribution >= 0.6 is 11.8 Å². The van der Waals surface area contributed by atoms with E-state index in [4.69, 9.17) is 4.98 Å². The van der Waals surface area contributed by atoms with E-state index in [1.165, 1.54) is 27.3 Å². The molecule has 172 valence electrons. The molecule has 1 unspecified atom stereocenters. The number of hydrogen-bond acceptors (Lipinski definition) is 5. The zero-order valence-electron chi connectivity index (χ0n) is 20.0. The number of para-hydroxylation sites is 1. The van der Waals surface area contributed by atoms with E-state index in [1.807, 2.05) is 6.07 Å². The van der Waals surface area contributed by atoms with E-state index in [1.54, 1.807) is 11.8 Å². The second kappa shape index (κ2) is 10.3. The van der Waals surface area contributed by atoms with Crippen LogP contribution in [0.5, 0.6) is 0 Å². The quantitative estimate of drug-likeness (QED) is 0.371. The first-order valence-corrected chi connectivity index (χ1v) is 12.5. The maximum absolute atomic E-state index is 4.87. The van der Waals surface area contributed by atoms with Crippen LogP contribution < -0.4 is 16.0 Å². The molecule has 0 radical (unpaired) electrons. The van der Waals surface area contributed by atoms with E-state index >= 15 is 0 Å². The van der Waals surface area contributed by atoms with Gasteiger partial charge in [-0.3, -0.25) is 0 Å². The summed E-state index contributed by atoms with van der Waals surface area (Å²) in [6.45, 7) is 8.51. The number of hydrogen-bond donors (Lipinski definition) is 3. The van der Waals surface area contributed by atoms with Crippen molar-refractivity contribution in [1.82, 2.24) is 10.3 Å². The smallest absolute Gasteiger partial charge is 0.159 e. The van der Waals surface area contributed by atoms with E-state index in [9.17, 15) is 0 Å². The number of thioether (sulfide) groups is 1. The molecular weight excluding hydrogens is 424 g/mol. The van der Waals surface area contributed by atoms with Crippen molar-refractivity contribution >= 4 is 23.3 Å². The number of nitrogens with zero attached hydrogens (tertiary/aromatic N) is 1. The van der Waals surface area contributed by atoms with E-state index in [0.29, 0.717) is 0 Å². The molecule has 1 aromatic carbocycles. The first-order chi connectivity index (χ1) is 16.0. The Hall–Kier alpha value is -2.92. The summed E-state index contributed by atoms with van der Waals surface area (Å²) in [5.74, 6) is 0.899. The van der Waals surface area contributed by atoms with Crippen LogP contribution in [0.25, 0.3) is 0 Å². The fourth-order valence-corrected chi connectivity index (χ4v) is 5.32. The number of benzene rings is 1. The molecule has 0 amide bonds. The molecule has 33 heavy (non-hydrogen) atoms. The molecular formula is C28H34N4S. The molecule has 4 rings (SSSR count). The van der Waals surface area contributed by atoms with Gasteiger partial charge in [-0.25, -0.2) is 4.98 Å².